The summed E-state index contributed by atoms with van der Waals surface area (Å²) < 4.78 is 38.5. The minimum atomic E-state index is -0.422. The maximum atomic E-state index is 14.7. The molecule has 0 unspecified atom stereocenters. The van der Waals surface area contributed by atoms with E-state index in [9.17, 15) is 67.1 Å². The van der Waals surface area contributed by atoms with Gasteiger partial charge in [0.25, 0.3) is 11.8 Å². The fourth-order valence-electron chi connectivity index (χ4n) is 15.3. The highest BCUT2D eigenvalue weighted by atomic mass is 16.5. The third kappa shape index (κ3) is 31.1. The van der Waals surface area contributed by atoms with Crippen LogP contribution in [0, 0.1) is 0 Å². The Balaban J connectivity index is 1.07. The van der Waals surface area contributed by atoms with E-state index in [1.54, 1.807) is 0 Å². The molecule has 0 fully saturated rings. The molecule has 0 radical (unpaired) electrons. The summed E-state index contributed by atoms with van der Waals surface area (Å²) in [5, 5.41) is 18.0. The van der Waals surface area contributed by atoms with E-state index in [2.05, 4.69) is 80.4 Å². The van der Waals surface area contributed by atoms with Crippen LogP contribution in [0.5, 0.6) is 0 Å². The van der Waals surface area contributed by atoms with Gasteiger partial charge < -0.3 is 99.2 Å². The summed E-state index contributed by atoms with van der Waals surface area (Å²) >= 11 is 0. The molecule has 6 aliphatic rings. The first kappa shape index (κ1) is 96.4. The van der Waals surface area contributed by atoms with Crippen molar-refractivity contribution >= 4 is 83.2 Å². The van der Waals surface area contributed by atoms with Crippen LogP contribution in [-0.4, -0.2) is 327 Å². The van der Waals surface area contributed by atoms with Gasteiger partial charge in [-0.1, -0.05) is 60.7 Å². The Labute approximate surface area is 701 Å². The van der Waals surface area contributed by atoms with Gasteiger partial charge in [-0.25, -0.2) is 0 Å². The lowest BCUT2D eigenvalue weighted by Gasteiger charge is -2.50. The highest BCUT2D eigenvalue weighted by Gasteiger charge is 2.50. The molecule has 34 nitrogen and oxygen atoms in total. The van der Waals surface area contributed by atoms with E-state index < -0.39 is 47.8 Å². The third-order valence-corrected chi connectivity index (χ3v) is 22.0. The molecule has 0 saturated heterocycles. The van der Waals surface area contributed by atoms with Gasteiger partial charge in [0.2, 0.25) is 23.6 Å². The van der Waals surface area contributed by atoms with Crippen molar-refractivity contribution in [3.05, 3.63) is 141 Å². The zero-order valence-corrected chi connectivity index (χ0v) is 70.5. The fourth-order valence-corrected chi connectivity index (χ4v) is 15.3. The molecule has 120 heavy (non-hydrogen) atoms. The lowest BCUT2D eigenvalue weighted by atomic mass is 9.53. The number of esters is 8. The number of amides is 6. The van der Waals surface area contributed by atoms with Crippen LogP contribution in [0.3, 0.4) is 0 Å². The van der Waals surface area contributed by atoms with Crippen molar-refractivity contribution in [2.45, 2.75) is 101 Å². The number of carbonyl (C=O) groups is 14. The average Bonchev–Trinajstić information content (AvgIpc) is 0.686. The van der Waals surface area contributed by atoms with Gasteiger partial charge >= 0.3 is 47.8 Å². The predicted octanol–water partition coefficient (Wildman–Crippen LogP) is 2.36. The maximum absolute atomic E-state index is 14.7. The molecule has 6 N–H and O–H groups in total. The Morgan fingerprint density at radius 1 is 0.225 bits per heavy atom. The van der Waals surface area contributed by atoms with Crippen LogP contribution in [0.2, 0.25) is 0 Å². The summed E-state index contributed by atoms with van der Waals surface area (Å²) in [5.41, 5.74) is 9.51. The molecule has 34 heteroatoms. The van der Waals surface area contributed by atoms with Crippen molar-refractivity contribution in [2.24, 2.45) is 0 Å². The standard InChI is InChI=1S/C86H120N12O22/c1-113-73(103)25-43-95(44-26-74(104)114-2)51-33-87-69(99)21-39-93(40-22-70(100)88-34-52-96(45-27-75(105)115-3)46-28-76(106)116-4)55-37-91-85(111)59-17-19-65-67(57-59)83-63-15-11-9-13-61(63)81(65)82-62-14-10-12-16-64(62)84(83)68-58-60(18-20-66(68)82)86(112)92-38-56-94(41-23-71(101)89-35-53-97(47-29-77(107)117-5)48-30-78(108)118-6)42-24-72(102)90-36-54-98(49-31-79(109)119-7)50-32-80(110)120-8/h9-20,57-58,81-84H,21-56H2,1-8H3,(H,87,99)(H,88,100)(H,89,101)(H,90,102)(H,91,111)(H,92,112)/t81-,82-,83+,84+/m1/s1. The number of hydrogen-bond donors (Lipinski definition) is 6. The lowest BCUT2D eigenvalue weighted by molar-refractivity contribution is -0.142. The van der Waals surface area contributed by atoms with E-state index in [1.807, 2.05) is 65.8 Å². The molecule has 0 spiro atoms. The molecule has 4 aromatic rings. The summed E-state index contributed by atoms with van der Waals surface area (Å²) in [7, 11) is 10.3. The summed E-state index contributed by atoms with van der Waals surface area (Å²) in [6.07, 6.45) is 0.727. The molecule has 4 atom stereocenters. The molecule has 6 aliphatic carbocycles. The van der Waals surface area contributed by atoms with Gasteiger partial charge in [-0.05, 0) is 68.8 Å². The Hall–Kier alpha value is -10.8. The van der Waals surface area contributed by atoms with Crippen molar-refractivity contribution in [2.75, 3.05) is 214 Å². The number of carbonyl (C=O) groups excluding carboxylic acids is 14. The van der Waals surface area contributed by atoms with E-state index >= 15 is 0 Å². The molecule has 0 aliphatic heterocycles. The Kier molecular flexibility index (Phi) is 41.5. The van der Waals surface area contributed by atoms with Gasteiger partial charge in [-0.15, -0.1) is 0 Å². The number of benzene rings is 4. The minimum Gasteiger partial charge on any atom is -0.469 e. The topological polar surface area (TPSA) is 404 Å². The second kappa shape index (κ2) is 51.6. The van der Waals surface area contributed by atoms with Gasteiger partial charge in [-0.2, -0.15) is 0 Å². The summed E-state index contributed by atoms with van der Waals surface area (Å²) in [5.74, 6) is -6.25. The maximum Gasteiger partial charge on any atom is 0.306 e. The largest absolute Gasteiger partial charge is 0.469 e. The molecule has 10 rings (SSSR count). The molecule has 6 amide bonds. The van der Waals surface area contributed by atoms with Crippen molar-refractivity contribution < 1.29 is 105 Å². The second-order valence-corrected chi connectivity index (χ2v) is 29.4. The molecule has 656 valence electrons. The minimum absolute atomic E-state index is 0.0282. The summed E-state index contributed by atoms with van der Waals surface area (Å²) in [6, 6.07) is 28.6. The van der Waals surface area contributed by atoms with Crippen molar-refractivity contribution in [3.8, 4) is 0 Å². The van der Waals surface area contributed by atoms with Crippen LogP contribution < -0.4 is 31.9 Å². The smallest absolute Gasteiger partial charge is 0.306 e. The van der Waals surface area contributed by atoms with Crippen LogP contribution in [0.4, 0.5) is 0 Å². The van der Waals surface area contributed by atoms with Crippen LogP contribution in [0.25, 0.3) is 0 Å². The molecule has 0 saturated carbocycles. The van der Waals surface area contributed by atoms with Crippen LogP contribution in [0.15, 0.2) is 84.9 Å². The molecule has 4 aromatic carbocycles. The van der Waals surface area contributed by atoms with Crippen LogP contribution in [-0.2, 0) is 95.4 Å². The summed E-state index contributed by atoms with van der Waals surface area (Å²) in [4.78, 5) is 191. The average molecular weight is 1670 g/mol. The molecular formula is C86H120N12O22. The number of nitrogens with zero attached hydrogens (tertiary/aromatic N) is 6. The van der Waals surface area contributed by atoms with Gasteiger partial charge in [0.15, 0.2) is 0 Å². The molecule has 0 aromatic heterocycles. The number of hydrogen-bond acceptors (Lipinski definition) is 28. The molecule has 0 heterocycles. The Bertz CT molecular complexity index is 3660. The predicted molar refractivity (Wildman–Crippen MR) is 440 cm³/mol. The number of rotatable bonds is 56. The second-order valence-electron chi connectivity index (χ2n) is 29.4. The van der Waals surface area contributed by atoms with E-state index in [4.69, 9.17) is 37.9 Å². The normalized spacial score (nSPS) is 14.4. The first-order chi connectivity index (χ1) is 57.9. The van der Waals surface area contributed by atoms with Gasteiger partial charge in [0.05, 0.1) is 108 Å². The van der Waals surface area contributed by atoms with E-state index in [0.717, 1.165) is 33.4 Å². The highest BCUT2D eigenvalue weighted by molar-refractivity contribution is 5.96. The van der Waals surface area contributed by atoms with Gasteiger partial charge in [0.1, 0.15) is 0 Å². The van der Waals surface area contributed by atoms with Crippen LogP contribution >= 0.6 is 0 Å². The lowest BCUT2D eigenvalue weighted by Crippen LogP contribution is -2.41. The van der Waals surface area contributed by atoms with Crippen molar-refractivity contribution in [1.29, 1.82) is 0 Å². The van der Waals surface area contributed by atoms with Gasteiger partial charge in [0, 0.05) is 218 Å². The fraction of sp³-hybridized carbons (Fsp3) is 0.558. The third-order valence-electron chi connectivity index (χ3n) is 22.0. The molecule has 4 bridgehead atoms. The number of ether oxygens (including phenoxy) is 8. The zero-order valence-electron chi connectivity index (χ0n) is 70.5. The molecular weight excluding hydrogens is 1550 g/mol. The summed E-state index contributed by atoms with van der Waals surface area (Å²) in [6.45, 7) is 6.01. The Morgan fingerprint density at radius 3 is 0.600 bits per heavy atom. The first-order valence-corrected chi connectivity index (χ1v) is 40.9. The number of methoxy groups -OCH3 is 8. The highest BCUT2D eigenvalue weighted by Crippen LogP contribution is 2.64. The quantitative estimate of drug-likeness (QED) is 0.0273. The van der Waals surface area contributed by atoms with Gasteiger partial charge in [-0.3, -0.25) is 67.1 Å². The van der Waals surface area contributed by atoms with Crippen molar-refractivity contribution in [1.82, 2.24) is 61.3 Å². The van der Waals surface area contributed by atoms with E-state index in [-0.39, 0.29) is 267 Å². The first-order valence-electron chi connectivity index (χ1n) is 40.9. The van der Waals surface area contributed by atoms with E-state index in [1.165, 1.54) is 68.0 Å². The van der Waals surface area contributed by atoms with Crippen LogP contribution in [0.1, 0.15) is 166 Å². The zero-order chi connectivity index (χ0) is 86.9. The SMILES string of the molecule is COC(=O)CCN(CCNC(=O)CCN(CCNC(=O)c1ccc2c(c1)[C@@H]1c3ccccc3[C@H]2[C@@H]2c3ccccc3[C@H]1c1cc(C(=O)NCCN(CCC(=O)NCCN(CCC(=O)OC)CCC(=O)OC)CCC(=O)NCCN(CCC(=O)OC)CCC(=O)OC)ccc12)CCC(=O)NCCN(CCC(=O)OC)CCC(=O)OC)CCC(=O)OC. The van der Waals surface area contributed by atoms with Crippen molar-refractivity contribution in [3.63, 3.8) is 0 Å². The monoisotopic (exact) mass is 1670 g/mol. The number of nitrogens with one attached hydrogen (secondary N) is 6. The van der Waals surface area contributed by atoms with E-state index in [0.29, 0.717) is 37.3 Å². The Morgan fingerprint density at radius 2 is 0.400 bits per heavy atom.